The Kier molecular flexibility index (Phi) is 4.17. The van der Waals surface area contributed by atoms with Crippen LogP contribution < -0.4 is 11.3 Å². The van der Waals surface area contributed by atoms with Crippen molar-refractivity contribution in [2.24, 2.45) is 11.8 Å². The number of amides is 1. The molecule has 1 atom stereocenters. The van der Waals surface area contributed by atoms with E-state index in [1.54, 1.807) is 6.07 Å². The molecule has 1 saturated carbocycles. The maximum absolute atomic E-state index is 13.8. The number of nitrogens with two attached hydrogens (primary N) is 1. The Morgan fingerprint density at radius 3 is 2.84 bits per heavy atom. The van der Waals surface area contributed by atoms with Gasteiger partial charge in [-0.05, 0) is 50.9 Å². The summed E-state index contributed by atoms with van der Waals surface area (Å²) in [5, 5.41) is 0. The van der Waals surface area contributed by atoms with Crippen molar-refractivity contribution in [1.29, 1.82) is 0 Å². The van der Waals surface area contributed by atoms with Crippen molar-refractivity contribution in [3.8, 4) is 0 Å². The van der Waals surface area contributed by atoms with E-state index < -0.39 is 5.91 Å². The van der Waals surface area contributed by atoms with Gasteiger partial charge in [-0.1, -0.05) is 0 Å². The number of hydrazine groups is 1. The third-order valence-electron chi connectivity index (χ3n) is 3.86. The lowest BCUT2D eigenvalue weighted by Crippen LogP contribution is -2.31. The highest BCUT2D eigenvalue weighted by Crippen LogP contribution is 2.35. The highest BCUT2D eigenvalue weighted by atomic mass is 19.1. The van der Waals surface area contributed by atoms with Gasteiger partial charge >= 0.3 is 0 Å². The van der Waals surface area contributed by atoms with Crippen molar-refractivity contribution in [2.45, 2.75) is 32.4 Å². The fourth-order valence-corrected chi connectivity index (χ4v) is 2.27. The molecule has 1 fully saturated rings. The van der Waals surface area contributed by atoms with Crippen LogP contribution in [0, 0.1) is 11.7 Å². The highest BCUT2D eigenvalue weighted by molar-refractivity contribution is 5.93. The molecule has 104 valence electrons. The number of nitrogens with zero attached hydrogens (tertiary/aromatic N) is 1. The molecule has 3 N–H and O–H groups in total. The standard InChI is InChI=1S/C14H20FN3O/c1-9(10-3-4-10)18(2)8-12-7-11(14(19)17-16)5-6-13(12)15/h5-7,9-10H,3-4,8,16H2,1-2H3,(H,17,19). The van der Waals surface area contributed by atoms with Gasteiger partial charge in [-0.3, -0.25) is 15.1 Å². The Bertz CT molecular complexity index is 474. The average molecular weight is 265 g/mol. The van der Waals surface area contributed by atoms with Crippen molar-refractivity contribution in [2.75, 3.05) is 7.05 Å². The molecular formula is C14H20FN3O. The van der Waals surface area contributed by atoms with Gasteiger partial charge in [-0.25, -0.2) is 10.2 Å². The third-order valence-corrected chi connectivity index (χ3v) is 3.86. The molecule has 1 aliphatic rings. The summed E-state index contributed by atoms with van der Waals surface area (Å²) in [6, 6.07) is 4.75. The van der Waals surface area contributed by atoms with Crippen LogP contribution in [0.4, 0.5) is 4.39 Å². The normalized spacial score (nSPS) is 16.5. The van der Waals surface area contributed by atoms with Gasteiger partial charge in [-0.2, -0.15) is 0 Å². The Morgan fingerprint density at radius 2 is 2.26 bits per heavy atom. The zero-order chi connectivity index (χ0) is 14.0. The summed E-state index contributed by atoms with van der Waals surface area (Å²) in [6.45, 7) is 2.65. The van der Waals surface area contributed by atoms with Crippen LogP contribution in [0.1, 0.15) is 35.7 Å². The highest BCUT2D eigenvalue weighted by Gasteiger charge is 2.30. The van der Waals surface area contributed by atoms with E-state index in [-0.39, 0.29) is 5.82 Å². The van der Waals surface area contributed by atoms with Gasteiger partial charge in [0.15, 0.2) is 0 Å². The first-order valence-corrected chi connectivity index (χ1v) is 6.52. The number of carbonyl (C=O) groups excluding carboxylic acids is 1. The second-order valence-electron chi connectivity index (χ2n) is 5.27. The van der Waals surface area contributed by atoms with E-state index in [4.69, 9.17) is 5.84 Å². The van der Waals surface area contributed by atoms with E-state index in [2.05, 4.69) is 17.2 Å². The molecule has 2 rings (SSSR count). The molecule has 0 heterocycles. The third kappa shape index (κ3) is 3.30. The number of hydrogen-bond donors (Lipinski definition) is 2. The maximum atomic E-state index is 13.8. The smallest absolute Gasteiger partial charge is 0.265 e. The zero-order valence-electron chi connectivity index (χ0n) is 11.3. The fourth-order valence-electron chi connectivity index (χ4n) is 2.27. The summed E-state index contributed by atoms with van der Waals surface area (Å²) >= 11 is 0. The second-order valence-corrected chi connectivity index (χ2v) is 5.27. The molecular weight excluding hydrogens is 245 g/mol. The molecule has 1 amide bonds. The molecule has 5 heteroatoms. The van der Waals surface area contributed by atoms with Gasteiger partial charge in [-0.15, -0.1) is 0 Å². The van der Waals surface area contributed by atoms with Crippen LogP contribution in [0.5, 0.6) is 0 Å². The molecule has 0 radical (unpaired) electrons. The second kappa shape index (κ2) is 5.67. The summed E-state index contributed by atoms with van der Waals surface area (Å²) in [5.41, 5.74) is 2.96. The van der Waals surface area contributed by atoms with E-state index in [1.807, 2.05) is 7.05 Å². The van der Waals surface area contributed by atoms with E-state index >= 15 is 0 Å². The van der Waals surface area contributed by atoms with E-state index in [0.29, 0.717) is 23.7 Å². The number of carbonyl (C=O) groups is 1. The Labute approximate surface area is 112 Å². The first-order valence-electron chi connectivity index (χ1n) is 6.52. The van der Waals surface area contributed by atoms with Crippen molar-refractivity contribution in [1.82, 2.24) is 10.3 Å². The number of hydrogen-bond acceptors (Lipinski definition) is 3. The average Bonchev–Trinajstić information content (AvgIpc) is 3.23. The zero-order valence-corrected chi connectivity index (χ0v) is 11.3. The number of rotatable bonds is 5. The lowest BCUT2D eigenvalue weighted by Gasteiger charge is -2.25. The Hall–Kier alpha value is -1.46. The quantitative estimate of drug-likeness (QED) is 0.483. The molecule has 0 bridgehead atoms. The minimum absolute atomic E-state index is 0.289. The van der Waals surface area contributed by atoms with Crippen LogP contribution in [0.15, 0.2) is 18.2 Å². The van der Waals surface area contributed by atoms with Crippen LogP contribution >= 0.6 is 0 Å². The molecule has 0 spiro atoms. The van der Waals surface area contributed by atoms with Crippen molar-refractivity contribution in [3.05, 3.63) is 35.1 Å². The minimum atomic E-state index is -0.404. The molecule has 1 aromatic carbocycles. The van der Waals surface area contributed by atoms with Crippen molar-refractivity contribution in [3.63, 3.8) is 0 Å². The van der Waals surface area contributed by atoms with Gasteiger partial charge < -0.3 is 0 Å². The number of benzene rings is 1. The van der Waals surface area contributed by atoms with E-state index in [9.17, 15) is 9.18 Å². The minimum Gasteiger partial charge on any atom is -0.299 e. The Balaban J connectivity index is 2.11. The summed E-state index contributed by atoms with van der Waals surface area (Å²) < 4.78 is 13.8. The number of nitrogens with one attached hydrogen (secondary N) is 1. The van der Waals surface area contributed by atoms with Gasteiger partial charge in [0.2, 0.25) is 0 Å². The van der Waals surface area contributed by atoms with Crippen molar-refractivity contribution >= 4 is 5.91 Å². The molecule has 4 nitrogen and oxygen atoms in total. The lowest BCUT2D eigenvalue weighted by atomic mass is 10.1. The van der Waals surface area contributed by atoms with Crippen LogP contribution in [0.25, 0.3) is 0 Å². The predicted molar refractivity (Wildman–Crippen MR) is 71.7 cm³/mol. The molecule has 0 aliphatic heterocycles. The summed E-state index contributed by atoms with van der Waals surface area (Å²) in [7, 11) is 1.98. The van der Waals surface area contributed by atoms with Gasteiger partial charge in [0, 0.05) is 23.7 Å². The summed E-state index contributed by atoms with van der Waals surface area (Å²) in [4.78, 5) is 13.6. The molecule has 19 heavy (non-hydrogen) atoms. The van der Waals surface area contributed by atoms with Crippen LogP contribution in [0.3, 0.4) is 0 Å². The van der Waals surface area contributed by atoms with Crippen LogP contribution in [-0.2, 0) is 6.54 Å². The van der Waals surface area contributed by atoms with E-state index in [0.717, 1.165) is 5.92 Å². The van der Waals surface area contributed by atoms with E-state index in [1.165, 1.54) is 25.0 Å². The lowest BCUT2D eigenvalue weighted by molar-refractivity contribution is 0.0953. The first kappa shape index (κ1) is 14.0. The predicted octanol–water partition coefficient (Wildman–Crippen LogP) is 1.66. The van der Waals surface area contributed by atoms with Crippen LogP contribution in [0.2, 0.25) is 0 Å². The van der Waals surface area contributed by atoms with Crippen molar-refractivity contribution < 1.29 is 9.18 Å². The fraction of sp³-hybridized carbons (Fsp3) is 0.500. The number of nitrogen functional groups attached to an aromatic ring is 1. The van der Waals surface area contributed by atoms with Gasteiger partial charge in [0.1, 0.15) is 5.82 Å². The number of halogens is 1. The SMILES string of the molecule is CC(C1CC1)N(C)Cc1cc(C(=O)NN)ccc1F. The van der Waals surface area contributed by atoms with Gasteiger partial charge in [0.25, 0.3) is 5.91 Å². The molecule has 1 aliphatic carbocycles. The summed E-state index contributed by atoms with van der Waals surface area (Å²) in [6.07, 6.45) is 2.51. The topological polar surface area (TPSA) is 58.4 Å². The molecule has 1 aromatic rings. The molecule has 0 saturated heterocycles. The monoisotopic (exact) mass is 265 g/mol. The van der Waals surface area contributed by atoms with Gasteiger partial charge in [0.05, 0.1) is 0 Å². The Morgan fingerprint density at radius 1 is 1.58 bits per heavy atom. The molecule has 1 unspecified atom stereocenters. The largest absolute Gasteiger partial charge is 0.299 e. The first-order chi connectivity index (χ1) is 9.02. The van der Waals surface area contributed by atoms with Crippen LogP contribution in [-0.4, -0.2) is 23.9 Å². The molecule has 0 aromatic heterocycles. The summed E-state index contributed by atoms with van der Waals surface area (Å²) in [5.74, 6) is 5.12. The maximum Gasteiger partial charge on any atom is 0.265 e.